The summed E-state index contributed by atoms with van der Waals surface area (Å²) in [5.74, 6) is -1.04. The number of likely N-dealkylation sites (tertiary alicyclic amines) is 2. The normalized spacial score (nSPS) is 21.2. The fourth-order valence-corrected chi connectivity index (χ4v) is 3.24. The molecule has 2 fully saturated rings. The van der Waals surface area contributed by atoms with Crippen molar-refractivity contribution >= 4 is 11.9 Å². The summed E-state index contributed by atoms with van der Waals surface area (Å²) in [6, 6.07) is 0.252. The van der Waals surface area contributed by atoms with Gasteiger partial charge in [0.2, 0.25) is 11.8 Å². The molecule has 3 heterocycles. The Labute approximate surface area is 160 Å². The number of carbonyl (C=O) groups is 2. The second kappa shape index (κ2) is 9.85. The number of carboxylic acid groups (broad SMARTS) is 1. The molecule has 0 aromatic carbocycles. The molecule has 0 aliphatic carbocycles. The highest BCUT2D eigenvalue weighted by molar-refractivity contribution is 5.78. The number of alkyl halides is 3. The molecule has 0 spiro atoms. The Morgan fingerprint density at radius 2 is 1.96 bits per heavy atom. The molecule has 0 radical (unpaired) electrons. The van der Waals surface area contributed by atoms with Gasteiger partial charge in [-0.05, 0) is 32.9 Å². The number of carbonyl (C=O) groups excluding carboxylic acids is 1. The molecule has 1 aromatic rings. The molecular formula is C17H25F3N4O4. The fraction of sp³-hybridized carbons (Fsp3) is 0.765. The molecule has 1 N–H and O–H groups in total. The van der Waals surface area contributed by atoms with Gasteiger partial charge in [-0.2, -0.15) is 18.2 Å². The second-order valence-corrected chi connectivity index (χ2v) is 6.93. The Hall–Kier alpha value is -2.17. The van der Waals surface area contributed by atoms with Crippen molar-refractivity contribution in [1.82, 2.24) is 19.9 Å². The first kappa shape index (κ1) is 22.1. The van der Waals surface area contributed by atoms with Crippen LogP contribution in [0.25, 0.3) is 0 Å². The van der Waals surface area contributed by atoms with Crippen LogP contribution in [0, 0.1) is 0 Å². The highest BCUT2D eigenvalue weighted by atomic mass is 19.4. The monoisotopic (exact) mass is 406 g/mol. The van der Waals surface area contributed by atoms with Gasteiger partial charge in [0.1, 0.15) is 0 Å². The smallest absolute Gasteiger partial charge is 0.475 e. The predicted molar refractivity (Wildman–Crippen MR) is 91.3 cm³/mol. The highest BCUT2D eigenvalue weighted by Crippen LogP contribution is 2.27. The zero-order chi connectivity index (χ0) is 20.7. The zero-order valence-corrected chi connectivity index (χ0v) is 15.7. The lowest BCUT2D eigenvalue weighted by Gasteiger charge is -2.21. The van der Waals surface area contributed by atoms with Crippen LogP contribution >= 0.6 is 0 Å². The summed E-state index contributed by atoms with van der Waals surface area (Å²) in [4.78, 5) is 29.2. The van der Waals surface area contributed by atoms with Crippen molar-refractivity contribution in [3.63, 3.8) is 0 Å². The van der Waals surface area contributed by atoms with Gasteiger partial charge in [-0.25, -0.2) is 4.79 Å². The first-order valence-corrected chi connectivity index (χ1v) is 9.29. The van der Waals surface area contributed by atoms with Crippen LogP contribution in [-0.4, -0.2) is 69.8 Å². The molecule has 2 saturated heterocycles. The van der Waals surface area contributed by atoms with Gasteiger partial charge in [-0.1, -0.05) is 18.0 Å². The molecule has 158 valence electrons. The molecule has 28 heavy (non-hydrogen) atoms. The average Bonchev–Trinajstić information content (AvgIpc) is 3.19. The van der Waals surface area contributed by atoms with Crippen LogP contribution in [0.2, 0.25) is 0 Å². The van der Waals surface area contributed by atoms with Gasteiger partial charge in [-0.15, -0.1) is 0 Å². The number of hydrogen-bond acceptors (Lipinski definition) is 6. The summed E-state index contributed by atoms with van der Waals surface area (Å²) < 4.78 is 37.2. The number of carboxylic acids is 1. The minimum Gasteiger partial charge on any atom is -0.475 e. The number of halogens is 3. The number of nitrogens with zero attached hydrogens (tertiary/aromatic N) is 4. The van der Waals surface area contributed by atoms with Crippen molar-refractivity contribution in [2.45, 2.75) is 57.2 Å². The van der Waals surface area contributed by atoms with E-state index in [1.54, 1.807) is 0 Å². The van der Waals surface area contributed by atoms with Crippen molar-refractivity contribution in [3.8, 4) is 0 Å². The van der Waals surface area contributed by atoms with Crippen LogP contribution < -0.4 is 0 Å². The molecule has 0 saturated carbocycles. The summed E-state index contributed by atoms with van der Waals surface area (Å²) in [5.41, 5.74) is 0. The standard InChI is InChI=1S/C15H24N4O2.C2HF3O2/c1-18-9-4-2-3-6-12(18)15-16-13(17-21-15)8-11-19-10-5-7-14(19)20;3-2(4,5)1(6)7/h12H,2-11H2,1H3;(H,6,7). The summed E-state index contributed by atoms with van der Waals surface area (Å²) >= 11 is 0. The minimum atomic E-state index is -5.08. The minimum absolute atomic E-state index is 0.252. The Balaban J connectivity index is 0.000000345. The quantitative estimate of drug-likeness (QED) is 0.820. The number of aromatic nitrogens is 2. The molecular weight excluding hydrogens is 381 g/mol. The third-order valence-corrected chi connectivity index (χ3v) is 4.81. The first-order valence-electron chi connectivity index (χ1n) is 9.29. The molecule has 2 aliphatic rings. The van der Waals surface area contributed by atoms with Gasteiger partial charge in [0.05, 0.1) is 6.04 Å². The van der Waals surface area contributed by atoms with Crippen molar-refractivity contribution in [2.24, 2.45) is 0 Å². The topological polar surface area (TPSA) is 99.8 Å². The van der Waals surface area contributed by atoms with Gasteiger partial charge >= 0.3 is 12.1 Å². The van der Waals surface area contributed by atoms with E-state index in [0.717, 1.165) is 37.6 Å². The van der Waals surface area contributed by atoms with E-state index in [2.05, 4.69) is 22.1 Å². The summed E-state index contributed by atoms with van der Waals surface area (Å²) in [6.07, 6.45) is 2.08. The number of rotatable bonds is 4. The Morgan fingerprint density at radius 3 is 2.57 bits per heavy atom. The molecule has 1 unspecified atom stereocenters. The van der Waals surface area contributed by atoms with E-state index in [9.17, 15) is 18.0 Å². The lowest BCUT2D eigenvalue weighted by Crippen LogP contribution is -2.27. The van der Waals surface area contributed by atoms with Crippen molar-refractivity contribution < 1.29 is 32.4 Å². The molecule has 11 heteroatoms. The maximum atomic E-state index is 11.6. The van der Waals surface area contributed by atoms with Gasteiger partial charge in [0.15, 0.2) is 5.82 Å². The third kappa shape index (κ3) is 6.47. The summed E-state index contributed by atoms with van der Waals surface area (Å²) in [7, 11) is 2.13. The zero-order valence-electron chi connectivity index (χ0n) is 15.7. The van der Waals surface area contributed by atoms with Gasteiger partial charge in [0, 0.05) is 25.9 Å². The maximum absolute atomic E-state index is 11.6. The maximum Gasteiger partial charge on any atom is 0.490 e. The van der Waals surface area contributed by atoms with Crippen LogP contribution in [0.15, 0.2) is 4.52 Å². The summed E-state index contributed by atoms with van der Waals surface area (Å²) in [6.45, 7) is 2.66. The van der Waals surface area contributed by atoms with Crippen LogP contribution in [0.4, 0.5) is 13.2 Å². The van der Waals surface area contributed by atoms with E-state index in [-0.39, 0.29) is 11.9 Å². The SMILES string of the molecule is CN1CCCCCC1c1nc(CCN2CCCC2=O)no1.O=C(O)C(F)(F)F. The van der Waals surface area contributed by atoms with Crippen molar-refractivity contribution in [2.75, 3.05) is 26.7 Å². The molecule has 0 bridgehead atoms. The van der Waals surface area contributed by atoms with Crippen molar-refractivity contribution in [1.29, 1.82) is 0 Å². The highest BCUT2D eigenvalue weighted by Gasteiger charge is 2.38. The third-order valence-electron chi connectivity index (χ3n) is 4.81. The van der Waals surface area contributed by atoms with Gasteiger partial charge in [0.25, 0.3) is 0 Å². The molecule has 2 aliphatic heterocycles. The molecule has 1 amide bonds. The van der Waals surface area contributed by atoms with E-state index in [1.165, 1.54) is 19.3 Å². The number of hydrogen-bond donors (Lipinski definition) is 1. The van der Waals surface area contributed by atoms with E-state index in [1.807, 2.05) is 4.90 Å². The van der Waals surface area contributed by atoms with Crippen molar-refractivity contribution in [3.05, 3.63) is 11.7 Å². The van der Waals surface area contributed by atoms with Crippen LogP contribution in [0.5, 0.6) is 0 Å². The Kier molecular flexibility index (Phi) is 7.78. The number of amides is 1. The van der Waals surface area contributed by atoms with E-state index < -0.39 is 12.1 Å². The van der Waals surface area contributed by atoms with Crippen LogP contribution in [0.1, 0.15) is 56.3 Å². The van der Waals surface area contributed by atoms with E-state index in [4.69, 9.17) is 14.4 Å². The Bertz CT molecular complexity index is 665. The fourth-order valence-electron chi connectivity index (χ4n) is 3.24. The van der Waals surface area contributed by atoms with E-state index >= 15 is 0 Å². The lowest BCUT2D eigenvalue weighted by molar-refractivity contribution is -0.192. The second-order valence-electron chi connectivity index (χ2n) is 6.93. The molecule has 1 atom stereocenters. The first-order chi connectivity index (χ1) is 13.2. The van der Waals surface area contributed by atoms with Gasteiger partial charge < -0.3 is 14.5 Å². The predicted octanol–water partition coefficient (Wildman–Crippen LogP) is 2.41. The van der Waals surface area contributed by atoms with Crippen LogP contribution in [-0.2, 0) is 16.0 Å². The summed E-state index contributed by atoms with van der Waals surface area (Å²) in [5, 5.41) is 11.2. The lowest BCUT2D eigenvalue weighted by atomic mass is 10.1. The molecule has 3 rings (SSSR count). The largest absolute Gasteiger partial charge is 0.490 e. The number of aliphatic carboxylic acids is 1. The average molecular weight is 406 g/mol. The Morgan fingerprint density at radius 1 is 1.25 bits per heavy atom. The molecule has 1 aromatic heterocycles. The van der Waals surface area contributed by atoms with Crippen LogP contribution in [0.3, 0.4) is 0 Å². The van der Waals surface area contributed by atoms with Gasteiger partial charge in [-0.3, -0.25) is 9.69 Å². The van der Waals surface area contributed by atoms with E-state index in [0.29, 0.717) is 19.4 Å². The molecule has 8 nitrogen and oxygen atoms in total.